The van der Waals surface area contributed by atoms with Crippen molar-refractivity contribution in [2.24, 2.45) is 0 Å². The summed E-state index contributed by atoms with van der Waals surface area (Å²) in [5.74, 6) is 2.02. The summed E-state index contributed by atoms with van der Waals surface area (Å²) in [7, 11) is 0. The highest BCUT2D eigenvalue weighted by Crippen LogP contribution is 2.37. The van der Waals surface area contributed by atoms with Gasteiger partial charge in [0.25, 0.3) is 0 Å². The van der Waals surface area contributed by atoms with Gasteiger partial charge in [0.2, 0.25) is 0 Å². The van der Waals surface area contributed by atoms with Crippen molar-refractivity contribution in [3.8, 4) is 11.5 Å². The Morgan fingerprint density at radius 3 is 2.74 bits per heavy atom. The number of thioether (sulfide) groups is 1. The van der Waals surface area contributed by atoms with E-state index in [4.69, 9.17) is 9.47 Å². The van der Waals surface area contributed by atoms with E-state index < -0.39 is 0 Å². The average molecular weight is 278 g/mol. The predicted molar refractivity (Wildman–Crippen MR) is 75.2 cm³/mol. The SMILES string of the molecule is O=C1CCCCC1Sc1ccc2c(c1)OCCCO2. The highest BCUT2D eigenvalue weighted by atomic mass is 32.2. The fourth-order valence-electron chi connectivity index (χ4n) is 2.46. The second-order valence-electron chi connectivity index (χ2n) is 4.98. The van der Waals surface area contributed by atoms with Crippen molar-refractivity contribution in [3.05, 3.63) is 18.2 Å². The molecule has 3 nitrogen and oxygen atoms in total. The first-order chi connectivity index (χ1) is 9.33. The van der Waals surface area contributed by atoms with Gasteiger partial charge in [-0.15, -0.1) is 11.8 Å². The molecule has 0 spiro atoms. The fraction of sp³-hybridized carbons (Fsp3) is 0.533. The smallest absolute Gasteiger partial charge is 0.162 e. The molecule has 1 saturated carbocycles. The summed E-state index contributed by atoms with van der Waals surface area (Å²) >= 11 is 1.67. The monoisotopic (exact) mass is 278 g/mol. The molecule has 102 valence electrons. The second-order valence-corrected chi connectivity index (χ2v) is 6.25. The van der Waals surface area contributed by atoms with Crippen LogP contribution in [-0.4, -0.2) is 24.2 Å². The Morgan fingerprint density at radius 1 is 1.05 bits per heavy atom. The first-order valence-electron chi connectivity index (χ1n) is 6.92. The largest absolute Gasteiger partial charge is 0.490 e. The van der Waals surface area contributed by atoms with Gasteiger partial charge in [-0.3, -0.25) is 4.79 Å². The van der Waals surface area contributed by atoms with Crippen LogP contribution >= 0.6 is 11.8 Å². The minimum absolute atomic E-state index is 0.124. The van der Waals surface area contributed by atoms with Crippen molar-refractivity contribution in [1.29, 1.82) is 0 Å². The minimum Gasteiger partial charge on any atom is -0.490 e. The van der Waals surface area contributed by atoms with Crippen LogP contribution < -0.4 is 9.47 Å². The number of hydrogen-bond acceptors (Lipinski definition) is 4. The number of benzene rings is 1. The lowest BCUT2D eigenvalue weighted by Gasteiger charge is -2.20. The summed E-state index contributed by atoms with van der Waals surface area (Å²) in [6.07, 6.45) is 4.86. The number of ketones is 1. The molecule has 1 heterocycles. The van der Waals surface area contributed by atoms with Gasteiger partial charge in [0.15, 0.2) is 11.5 Å². The molecule has 1 atom stereocenters. The number of rotatable bonds is 2. The number of hydrogen-bond donors (Lipinski definition) is 0. The van der Waals surface area contributed by atoms with Crippen molar-refractivity contribution >= 4 is 17.5 Å². The van der Waals surface area contributed by atoms with Crippen molar-refractivity contribution in [2.45, 2.75) is 42.2 Å². The molecule has 3 rings (SSSR count). The van der Waals surface area contributed by atoms with E-state index in [2.05, 4.69) is 0 Å². The molecule has 1 aromatic rings. The zero-order valence-corrected chi connectivity index (χ0v) is 11.7. The van der Waals surface area contributed by atoms with E-state index in [0.29, 0.717) is 19.0 Å². The number of ether oxygens (including phenoxy) is 2. The Kier molecular flexibility index (Phi) is 3.97. The molecule has 4 heteroatoms. The molecule has 1 unspecified atom stereocenters. The number of carbonyl (C=O) groups is 1. The molecule has 0 amide bonds. The zero-order chi connectivity index (χ0) is 13.1. The number of fused-ring (bicyclic) bond motifs is 1. The summed E-state index contributed by atoms with van der Waals surface area (Å²) in [5, 5.41) is 0.124. The molecule has 1 aliphatic carbocycles. The van der Waals surface area contributed by atoms with Gasteiger partial charge in [0.1, 0.15) is 5.78 Å². The van der Waals surface area contributed by atoms with Crippen molar-refractivity contribution in [1.82, 2.24) is 0 Å². The van der Waals surface area contributed by atoms with Crippen LogP contribution in [0.4, 0.5) is 0 Å². The Hall–Kier alpha value is -1.16. The van der Waals surface area contributed by atoms with Crippen molar-refractivity contribution < 1.29 is 14.3 Å². The second kappa shape index (κ2) is 5.87. The third-order valence-electron chi connectivity index (χ3n) is 3.50. The maximum absolute atomic E-state index is 11.9. The van der Waals surface area contributed by atoms with Gasteiger partial charge in [-0.2, -0.15) is 0 Å². The first kappa shape index (κ1) is 12.9. The Balaban J connectivity index is 1.74. The van der Waals surface area contributed by atoms with Gasteiger partial charge in [0.05, 0.1) is 18.5 Å². The fourth-order valence-corrected chi connectivity index (χ4v) is 3.64. The molecule has 0 bridgehead atoms. The Labute approximate surface area is 117 Å². The first-order valence-corrected chi connectivity index (χ1v) is 7.80. The molecule has 0 saturated heterocycles. The van der Waals surface area contributed by atoms with E-state index in [9.17, 15) is 4.79 Å². The number of carbonyl (C=O) groups excluding carboxylic acids is 1. The van der Waals surface area contributed by atoms with Crippen molar-refractivity contribution in [2.75, 3.05) is 13.2 Å². The van der Waals surface area contributed by atoms with Crippen LogP contribution in [0.25, 0.3) is 0 Å². The molecule has 1 aliphatic heterocycles. The van der Waals surface area contributed by atoms with Crippen LogP contribution in [0.3, 0.4) is 0 Å². The lowest BCUT2D eigenvalue weighted by atomic mass is 9.99. The molecule has 0 aromatic heterocycles. The standard InChI is InChI=1S/C15H18O3S/c16-12-4-1-2-5-15(12)19-11-6-7-13-14(10-11)18-9-3-8-17-13/h6-7,10,15H,1-5,8-9H2. The Bertz CT molecular complexity index is 472. The van der Waals surface area contributed by atoms with Crippen molar-refractivity contribution in [3.63, 3.8) is 0 Å². The summed E-state index contributed by atoms with van der Waals surface area (Å²) in [6, 6.07) is 5.99. The normalized spacial score (nSPS) is 22.9. The van der Waals surface area contributed by atoms with E-state index in [-0.39, 0.29) is 5.25 Å². The van der Waals surface area contributed by atoms with Gasteiger partial charge >= 0.3 is 0 Å². The van der Waals surface area contributed by atoms with Crippen LogP contribution in [-0.2, 0) is 4.79 Å². The molecular formula is C15H18O3S. The third kappa shape index (κ3) is 3.06. The van der Waals surface area contributed by atoms with Crippen LogP contribution in [0, 0.1) is 0 Å². The molecular weight excluding hydrogens is 260 g/mol. The molecule has 19 heavy (non-hydrogen) atoms. The molecule has 0 N–H and O–H groups in total. The van der Waals surface area contributed by atoms with E-state index >= 15 is 0 Å². The summed E-state index contributed by atoms with van der Waals surface area (Å²) in [5.41, 5.74) is 0. The summed E-state index contributed by atoms with van der Waals surface area (Å²) < 4.78 is 11.3. The van der Waals surface area contributed by atoms with Gasteiger partial charge < -0.3 is 9.47 Å². The van der Waals surface area contributed by atoms with E-state index in [1.165, 1.54) is 0 Å². The van der Waals surface area contributed by atoms with Gasteiger partial charge in [-0.1, -0.05) is 6.42 Å². The van der Waals surface area contributed by atoms with E-state index in [0.717, 1.165) is 48.5 Å². The number of Topliss-reactive ketones (excluding diaryl/α,β-unsaturated/α-hetero) is 1. The van der Waals surface area contributed by atoms with E-state index in [1.54, 1.807) is 11.8 Å². The van der Waals surface area contributed by atoms with E-state index in [1.807, 2.05) is 18.2 Å². The topological polar surface area (TPSA) is 35.5 Å². The maximum atomic E-state index is 11.9. The Morgan fingerprint density at radius 2 is 1.89 bits per heavy atom. The van der Waals surface area contributed by atoms with Crippen LogP contribution in [0.15, 0.2) is 23.1 Å². The van der Waals surface area contributed by atoms with Gasteiger partial charge in [-0.25, -0.2) is 0 Å². The highest BCUT2D eigenvalue weighted by Gasteiger charge is 2.23. The molecule has 1 aromatic carbocycles. The quantitative estimate of drug-likeness (QED) is 0.830. The lowest BCUT2D eigenvalue weighted by Crippen LogP contribution is -2.21. The molecule has 1 fully saturated rings. The zero-order valence-electron chi connectivity index (χ0n) is 10.9. The van der Waals surface area contributed by atoms with Gasteiger partial charge in [0, 0.05) is 17.7 Å². The lowest BCUT2D eigenvalue weighted by molar-refractivity contribution is -0.119. The summed E-state index contributed by atoms with van der Waals surface area (Å²) in [6.45, 7) is 1.41. The third-order valence-corrected chi connectivity index (χ3v) is 4.81. The molecule has 0 radical (unpaired) electrons. The average Bonchev–Trinajstić information content (AvgIpc) is 2.66. The maximum Gasteiger partial charge on any atom is 0.162 e. The van der Waals surface area contributed by atoms with Crippen LogP contribution in [0.2, 0.25) is 0 Å². The highest BCUT2D eigenvalue weighted by molar-refractivity contribution is 8.00. The van der Waals surface area contributed by atoms with Crippen LogP contribution in [0.1, 0.15) is 32.1 Å². The van der Waals surface area contributed by atoms with Crippen LogP contribution in [0.5, 0.6) is 11.5 Å². The predicted octanol–water partition coefficient (Wildman–Crippen LogP) is 3.45. The molecule has 2 aliphatic rings. The van der Waals surface area contributed by atoms with Gasteiger partial charge in [-0.05, 0) is 31.0 Å². The minimum atomic E-state index is 0.124. The summed E-state index contributed by atoms with van der Waals surface area (Å²) in [4.78, 5) is 13.0.